The van der Waals surface area contributed by atoms with Gasteiger partial charge >= 0.3 is 0 Å². The van der Waals surface area contributed by atoms with Gasteiger partial charge in [-0.1, -0.05) is 54.6 Å². The molecule has 4 aromatic carbocycles. The Morgan fingerprint density at radius 1 is 0.786 bits per heavy atom. The van der Waals surface area contributed by atoms with Crippen molar-refractivity contribution < 1.29 is 9.47 Å². The van der Waals surface area contributed by atoms with E-state index in [1.165, 1.54) is 21.5 Å². The van der Waals surface area contributed by atoms with Crippen LogP contribution in [-0.2, 0) is 6.54 Å². The maximum atomic E-state index is 5.36. The fraction of sp³-hybridized carbons (Fsp3) is 0.125. The van der Waals surface area contributed by atoms with Crippen molar-refractivity contribution in [2.75, 3.05) is 14.2 Å². The molecule has 0 heterocycles. The molecule has 1 N–H and O–H groups in total. The SMILES string of the molecule is COc1ccc(CN/N=C/c2c3ccccc3cc3ccccc23)cc1OC. The summed E-state index contributed by atoms with van der Waals surface area (Å²) < 4.78 is 10.6. The summed E-state index contributed by atoms with van der Waals surface area (Å²) in [6.07, 6.45) is 1.91. The Morgan fingerprint density at radius 3 is 2.07 bits per heavy atom. The summed E-state index contributed by atoms with van der Waals surface area (Å²) in [5.41, 5.74) is 5.33. The van der Waals surface area contributed by atoms with Crippen molar-refractivity contribution in [2.45, 2.75) is 6.54 Å². The average molecular weight is 370 g/mol. The topological polar surface area (TPSA) is 42.8 Å². The van der Waals surface area contributed by atoms with Crippen molar-refractivity contribution >= 4 is 27.8 Å². The molecule has 4 nitrogen and oxygen atoms in total. The number of hydrogen-bond donors (Lipinski definition) is 1. The second-order valence-corrected chi connectivity index (χ2v) is 6.51. The van der Waals surface area contributed by atoms with E-state index in [0.717, 1.165) is 16.9 Å². The van der Waals surface area contributed by atoms with Crippen LogP contribution in [0.4, 0.5) is 0 Å². The molecule has 0 spiro atoms. The van der Waals surface area contributed by atoms with Gasteiger partial charge in [0.15, 0.2) is 11.5 Å². The van der Waals surface area contributed by atoms with E-state index in [1.54, 1.807) is 14.2 Å². The fourth-order valence-corrected chi connectivity index (χ4v) is 3.43. The molecule has 4 rings (SSSR count). The standard InChI is InChI=1S/C24H22N2O2/c1-27-23-12-11-17(13-24(23)28-2)15-25-26-16-22-20-9-5-3-7-18(20)14-19-8-4-6-10-21(19)22/h3-14,16,25H,15H2,1-2H3/b26-16+. The minimum atomic E-state index is 0.597. The Labute approximate surface area is 164 Å². The highest BCUT2D eigenvalue weighted by Crippen LogP contribution is 2.28. The van der Waals surface area contributed by atoms with Crippen LogP contribution in [0.25, 0.3) is 21.5 Å². The first-order valence-corrected chi connectivity index (χ1v) is 9.17. The summed E-state index contributed by atoms with van der Waals surface area (Å²) in [6, 6.07) is 24.9. The lowest BCUT2D eigenvalue weighted by atomic mass is 9.97. The first-order valence-electron chi connectivity index (χ1n) is 9.17. The van der Waals surface area contributed by atoms with Gasteiger partial charge in [0, 0.05) is 5.56 Å². The van der Waals surface area contributed by atoms with Gasteiger partial charge in [-0.25, -0.2) is 0 Å². The van der Waals surface area contributed by atoms with Gasteiger partial charge in [-0.3, -0.25) is 0 Å². The second kappa shape index (κ2) is 8.01. The summed E-state index contributed by atoms with van der Waals surface area (Å²) in [5, 5.41) is 9.29. The summed E-state index contributed by atoms with van der Waals surface area (Å²) in [5.74, 6) is 1.43. The van der Waals surface area contributed by atoms with E-state index >= 15 is 0 Å². The average Bonchev–Trinajstić information content (AvgIpc) is 2.75. The number of ether oxygens (including phenoxy) is 2. The van der Waals surface area contributed by atoms with Gasteiger partial charge in [-0.05, 0) is 45.3 Å². The van der Waals surface area contributed by atoms with E-state index in [9.17, 15) is 0 Å². The van der Waals surface area contributed by atoms with Crippen LogP contribution >= 0.6 is 0 Å². The van der Waals surface area contributed by atoms with Gasteiger partial charge < -0.3 is 14.9 Å². The molecule has 0 amide bonds. The molecule has 28 heavy (non-hydrogen) atoms. The van der Waals surface area contributed by atoms with Gasteiger partial charge in [0.2, 0.25) is 0 Å². The zero-order valence-electron chi connectivity index (χ0n) is 16.0. The maximum Gasteiger partial charge on any atom is 0.161 e. The largest absolute Gasteiger partial charge is 0.493 e. The van der Waals surface area contributed by atoms with Gasteiger partial charge in [-0.15, -0.1) is 0 Å². The molecule has 0 atom stereocenters. The Morgan fingerprint density at radius 2 is 1.43 bits per heavy atom. The molecular formula is C24H22N2O2. The Bertz CT molecular complexity index is 1100. The molecule has 0 aromatic heterocycles. The van der Waals surface area contributed by atoms with Gasteiger partial charge in [0.1, 0.15) is 0 Å². The normalized spacial score (nSPS) is 11.2. The molecule has 0 fully saturated rings. The zero-order chi connectivity index (χ0) is 19.3. The van der Waals surface area contributed by atoms with Crippen LogP contribution in [0.15, 0.2) is 77.9 Å². The van der Waals surface area contributed by atoms with E-state index < -0.39 is 0 Å². The fourth-order valence-electron chi connectivity index (χ4n) is 3.43. The molecule has 4 heteroatoms. The van der Waals surface area contributed by atoms with Crippen molar-refractivity contribution in [2.24, 2.45) is 5.10 Å². The van der Waals surface area contributed by atoms with E-state index in [1.807, 2.05) is 24.4 Å². The minimum absolute atomic E-state index is 0.597. The van der Waals surface area contributed by atoms with Gasteiger partial charge in [-0.2, -0.15) is 5.10 Å². The van der Waals surface area contributed by atoms with E-state index in [2.05, 4.69) is 65.1 Å². The highest BCUT2D eigenvalue weighted by Gasteiger charge is 2.06. The Balaban J connectivity index is 1.60. The lowest BCUT2D eigenvalue weighted by Gasteiger charge is -2.10. The molecule has 0 unspecified atom stereocenters. The molecular weight excluding hydrogens is 348 g/mol. The first-order chi connectivity index (χ1) is 13.8. The first kappa shape index (κ1) is 17.9. The number of methoxy groups -OCH3 is 2. The Hall–Kier alpha value is -3.53. The van der Waals surface area contributed by atoms with Crippen LogP contribution in [0, 0.1) is 0 Å². The molecule has 4 aromatic rings. The lowest BCUT2D eigenvalue weighted by molar-refractivity contribution is 0.354. The number of benzene rings is 4. The van der Waals surface area contributed by atoms with Crippen LogP contribution in [0.3, 0.4) is 0 Å². The zero-order valence-corrected chi connectivity index (χ0v) is 16.0. The number of nitrogens with one attached hydrogen (secondary N) is 1. The van der Waals surface area contributed by atoms with Crippen molar-refractivity contribution in [1.29, 1.82) is 0 Å². The van der Waals surface area contributed by atoms with E-state index in [-0.39, 0.29) is 0 Å². The van der Waals surface area contributed by atoms with Crippen LogP contribution < -0.4 is 14.9 Å². The van der Waals surface area contributed by atoms with Crippen molar-refractivity contribution in [3.63, 3.8) is 0 Å². The predicted octanol–water partition coefficient (Wildman–Crippen LogP) is 5.13. The molecule has 0 aliphatic rings. The monoisotopic (exact) mass is 370 g/mol. The molecule has 0 radical (unpaired) electrons. The van der Waals surface area contributed by atoms with Gasteiger partial charge in [0.25, 0.3) is 0 Å². The molecule has 140 valence electrons. The number of nitrogens with zero attached hydrogens (tertiary/aromatic N) is 1. The van der Waals surface area contributed by atoms with Crippen LogP contribution in [0.1, 0.15) is 11.1 Å². The van der Waals surface area contributed by atoms with Crippen molar-refractivity contribution in [3.8, 4) is 11.5 Å². The van der Waals surface area contributed by atoms with Crippen LogP contribution in [-0.4, -0.2) is 20.4 Å². The maximum absolute atomic E-state index is 5.36. The number of rotatable bonds is 6. The molecule has 0 saturated heterocycles. The van der Waals surface area contributed by atoms with Crippen molar-refractivity contribution in [1.82, 2.24) is 5.43 Å². The van der Waals surface area contributed by atoms with Crippen LogP contribution in [0.2, 0.25) is 0 Å². The van der Waals surface area contributed by atoms with Crippen LogP contribution in [0.5, 0.6) is 11.5 Å². The smallest absolute Gasteiger partial charge is 0.161 e. The summed E-state index contributed by atoms with van der Waals surface area (Å²) in [6.45, 7) is 0.597. The number of fused-ring (bicyclic) bond motifs is 2. The van der Waals surface area contributed by atoms with E-state index in [4.69, 9.17) is 9.47 Å². The third kappa shape index (κ3) is 3.49. The summed E-state index contributed by atoms with van der Waals surface area (Å²) in [7, 11) is 3.27. The molecule has 0 aliphatic carbocycles. The predicted molar refractivity (Wildman–Crippen MR) is 115 cm³/mol. The van der Waals surface area contributed by atoms with Crippen molar-refractivity contribution in [3.05, 3.63) is 83.9 Å². The lowest BCUT2D eigenvalue weighted by Crippen LogP contribution is -2.06. The minimum Gasteiger partial charge on any atom is -0.493 e. The summed E-state index contributed by atoms with van der Waals surface area (Å²) >= 11 is 0. The number of hydrazone groups is 1. The number of hydrogen-bond acceptors (Lipinski definition) is 4. The summed E-state index contributed by atoms with van der Waals surface area (Å²) in [4.78, 5) is 0. The molecule has 0 aliphatic heterocycles. The third-order valence-corrected chi connectivity index (χ3v) is 4.83. The quantitative estimate of drug-likeness (QED) is 0.290. The highest BCUT2D eigenvalue weighted by molar-refractivity contribution is 6.13. The highest BCUT2D eigenvalue weighted by atomic mass is 16.5. The Kier molecular flexibility index (Phi) is 5.11. The molecule has 0 saturated carbocycles. The van der Waals surface area contributed by atoms with Gasteiger partial charge in [0.05, 0.1) is 27.0 Å². The second-order valence-electron chi connectivity index (χ2n) is 6.51. The third-order valence-electron chi connectivity index (χ3n) is 4.83. The molecule has 0 bridgehead atoms. The van der Waals surface area contributed by atoms with E-state index in [0.29, 0.717) is 12.3 Å².